The van der Waals surface area contributed by atoms with Crippen molar-refractivity contribution in [1.29, 1.82) is 10.8 Å². The number of thioether (sulfide) groups is 1. The zero-order chi connectivity index (χ0) is 13.8. The molecule has 0 radical (unpaired) electrons. The molecule has 1 aromatic rings. The maximum Gasteiger partial charge on any atom is 0.248 e. The predicted molar refractivity (Wildman–Crippen MR) is 72.7 cm³/mol. The molecule has 0 bridgehead atoms. The van der Waals surface area contributed by atoms with Gasteiger partial charge in [0.15, 0.2) is 12.2 Å². The Kier molecular flexibility index (Phi) is 4.33. The second kappa shape index (κ2) is 5.98. The van der Waals surface area contributed by atoms with E-state index >= 15 is 0 Å². The molecule has 0 saturated heterocycles. The Morgan fingerprint density at radius 1 is 1.79 bits per heavy atom. The Hall–Kier alpha value is -1.67. The van der Waals surface area contributed by atoms with Gasteiger partial charge >= 0.3 is 0 Å². The number of hydrogen-bond donors (Lipinski definition) is 3. The molecule has 8 heteroatoms. The fraction of sp³-hybridized carbons (Fsp3) is 0.455. The fourth-order valence-corrected chi connectivity index (χ4v) is 2.41. The van der Waals surface area contributed by atoms with Gasteiger partial charge in [0.25, 0.3) is 0 Å². The molecule has 1 aromatic heterocycles. The van der Waals surface area contributed by atoms with Crippen LogP contribution in [0.1, 0.15) is 17.5 Å². The Labute approximate surface area is 114 Å². The molecule has 3 N–H and O–H groups in total. The van der Waals surface area contributed by atoms with E-state index in [4.69, 9.17) is 15.2 Å². The number of oxazole rings is 1. The lowest BCUT2D eigenvalue weighted by Crippen LogP contribution is -2.41. The molecule has 0 spiro atoms. The maximum absolute atomic E-state index is 12.4. The van der Waals surface area contributed by atoms with Gasteiger partial charge < -0.3 is 20.0 Å². The van der Waals surface area contributed by atoms with E-state index in [9.17, 15) is 4.79 Å². The van der Waals surface area contributed by atoms with E-state index in [0.717, 1.165) is 23.0 Å². The fourth-order valence-electron chi connectivity index (χ4n) is 2.04. The highest BCUT2D eigenvalue weighted by molar-refractivity contribution is 8.24. The van der Waals surface area contributed by atoms with Crippen LogP contribution in [0.3, 0.4) is 0 Å². The van der Waals surface area contributed by atoms with Gasteiger partial charge in [0, 0.05) is 13.0 Å². The lowest BCUT2D eigenvalue weighted by molar-refractivity contribution is -0.132. The lowest BCUT2D eigenvalue weighted by Gasteiger charge is -2.23. The largest absolute Gasteiger partial charge is 0.446 e. The lowest BCUT2D eigenvalue weighted by atomic mass is 10.1. The van der Waals surface area contributed by atoms with E-state index in [1.165, 1.54) is 6.39 Å². The molecule has 0 aliphatic carbocycles. The summed E-state index contributed by atoms with van der Waals surface area (Å²) in [6, 6.07) is -0.558. The van der Waals surface area contributed by atoms with E-state index < -0.39 is 6.04 Å². The quantitative estimate of drug-likeness (QED) is 0.554. The van der Waals surface area contributed by atoms with Crippen molar-refractivity contribution in [1.82, 2.24) is 15.2 Å². The van der Waals surface area contributed by atoms with E-state index in [1.54, 1.807) is 11.9 Å². The first-order chi connectivity index (χ1) is 9.17. The zero-order valence-corrected chi connectivity index (χ0v) is 11.3. The molecule has 1 aliphatic rings. The van der Waals surface area contributed by atoms with Crippen LogP contribution in [0, 0.1) is 10.8 Å². The molecule has 19 heavy (non-hydrogen) atoms. The van der Waals surface area contributed by atoms with Crippen LogP contribution in [0.2, 0.25) is 0 Å². The number of hydrogen-bond acceptors (Lipinski definition) is 7. The van der Waals surface area contributed by atoms with Crippen molar-refractivity contribution >= 4 is 28.3 Å². The molecule has 102 valence electrons. The summed E-state index contributed by atoms with van der Waals surface area (Å²) < 4.78 is 5.29. The molecule has 2 heterocycles. The monoisotopic (exact) mass is 281 g/mol. The molecule has 7 nitrogen and oxygen atoms in total. The Bertz CT molecular complexity index is 501. The van der Waals surface area contributed by atoms with Crippen LogP contribution >= 0.6 is 11.8 Å². The van der Waals surface area contributed by atoms with Crippen LogP contribution < -0.4 is 5.32 Å². The van der Waals surface area contributed by atoms with Gasteiger partial charge in [-0.15, -0.1) is 0 Å². The smallest absolute Gasteiger partial charge is 0.248 e. The average molecular weight is 281 g/mol. The maximum atomic E-state index is 12.4. The number of rotatable bonds is 4. The summed E-state index contributed by atoms with van der Waals surface area (Å²) in [6.07, 6.45) is 1.96. The molecule has 0 aromatic carbocycles. The summed E-state index contributed by atoms with van der Waals surface area (Å²) in [4.78, 5) is 18.1. The summed E-state index contributed by atoms with van der Waals surface area (Å²) in [5, 5.41) is 17.8. The third-order valence-electron chi connectivity index (χ3n) is 2.94. The van der Waals surface area contributed by atoms with Gasteiger partial charge in [-0.2, -0.15) is 0 Å². The number of fused-ring (bicyclic) bond motifs is 1. The molecular formula is C11H15N5O2S. The topological polar surface area (TPSA) is 106 Å². The second-order valence-corrected chi connectivity index (χ2v) is 5.02. The average Bonchev–Trinajstić information content (AvgIpc) is 2.79. The molecule has 1 atom stereocenters. The summed E-state index contributed by atoms with van der Waals surface area (Å²) in [6.45, 7) is 0.707. The predicted octanol–water partition coefficient (Wildman–Crippen LogP) is 0.637. The van der Waals surface area contributed by atoms with Crippen molar-refractivity contribution in [3.05, 3.63) is 17.8 Å². The standard InChI is InChI=1S/C11H15N5O2S/c1-14-9-10-7(15-6-18-10)2-3-16(11(9)17)4-8(13)19-5-12/h5-6,9,12-14H,2-4H2,1H3. The normalized spacial score (nSPS) is 18.9. The minimum atomic E-state index is -0.558. The highest BCUT2D eigenvalue weighted by atomic mass is 32.2. The number of carbonyl (C=O) groups excluding carboxylic acids is 1. The Balaban J connectivity index is 2.17. The van der Waals surface area contributed by atoms with Crippen molar-refractivity contribution in [3.8, 4) is 0 Å². The summed E-state index contributed by atoms with van der Waals surface area (Å²) in [5.41, 5.74) is 1.87. The third-order valence-corrected chi connectivity index (χ3v) is 3.47. The van der Waals surface area contributed by atoms with Gasteiger partial charge in [-0.05, 0) is 7.05 Å². The molecule has 2 rings (SSSR count). The highest BCUT2D eigenvalue weighted by Crippen LogP contribution is 2.23. The molecule has 1 unspecified atom stereocenters. The van der Waals surface area contributed by atoms with Gasteiger partial charge in [-0.3, -0.25) is 10.2 Å². The number of likely N-dealkylation sites (N-methyl/N-ethyl adjacent to an activating group) is 1. The molecule has 1 amide bonds. The molecular weight excluding hydrogens is 266 g/mol. The number of nitrogens with zero attached hydrogens (tertiary/aromatic N) is 2. The van der Waals surface area contributed by atoms with E-state index in [2.05, 4.69) is 10.3 Å². The first kappa shape index (κ1) is 13.8. The zero-order valence-electron chi connectivity index (χ0n) is 10.5. The number of carbonyl (C=O) groups is 1. The van der Waals surface area contributed by atoms with Gasteiger partial charge in [0.2, 0.25) is 5.91 Å². The third kappa shape index (κ3) is 2.85. The summed E-state index contributed by atoms with van der Waals surface area (Å²) >= 11 is 1.00. The van der Waals surface area contributed by atoms with E-state index in [-0.39, 0.29) is 17.5 Å². The van der Waals surface area contributed by atoms with Crippen LogP contribution in [0.5, 0.6) is 0 Å². The number of nitrogens with one attached hydrogen (secondary N) is 3. The van der Waals surface area contributed by atoms with Gasteiger partial charge in [0.05, 0.1) is 22.8 Å². The molecule has 0 saturated carbocycles. The highest BCUT2D eigenvalue weighted by Gasteiger charge is 2.33. The molecule has 0 fully saturated rings. The van der Waals surface area contributed by atoms with Crippen LogP contribution in [-0.4, -0.2) is 46.5 Å². The van der Waals surface area contributed by atoms with Crippen LogP contribution in [0.25, 0.3) is 0 Å². The SMILES string of the molecule is CNC1C(=O)N(CC(=N)SC=N)CCc2ncoc21. The minimum Gasteiger partial charge on any atom is -0.446 e. The van der Waals surface area contributed by atoms with Crippen molar-refractivity contribution < 1.29 is 9.21 Å². The summed E-state index contributed by atoms with van der Waals surface area (Å²) in [5.74, 6) is 0.426. The number of aromatic nitrogens is 1. The van der Waals surface area contributed by atoms with Crippen LogP contribution in [0.15, 0.2) is 10.8 Å². The Morgan fingerprint density at radius 3 is 3.26 bits per heavy atom. The Morgan fingerprint density at radius 2 is 2.58 bits per heavy atom. The van der Waals surface area contributed by atoms with Gasteiger partial charge in [-0.25, -0.2) is 4.98 Å². The minimum absolute atomic E-state index is 0.131. The second-order valence-electron chi connectivity index (χ2n) is 4.05. The van der Waals surface area contributed by atoms with Crippen molar-refractivity contribution in [3.63, 3.8) is 0 Å². The van der Waals surface area contributed by atoms with Crippen LogP contribution in [-0.2, 0) is 11.2 Å². The summed E-state index contributed by atoms with van der Waals surface area (Å²) in [7, 11) is 1.69. The van der Waals surface area contributed by atoms with Crippen molar-refractivity contribution in [2.75, 3.05) is 20.1 Å². The van der Waals surface area contributed by atoms with Gasteiger partial charge in [-0.1, -0.05) is 11.8 Å². The molecule has 1 aliphatic heterocycles. The van der Waals surface area contributed by atoms with Gasteiger partial charge in [0.1, 0.15) is 6.04 Å². The van der Waals surface area contributed by atoms with E-state index in [0.29, 0.717) is 18.7 Å². The first-order valence-corrected chi connectivity index (χ1v) is 6.66. The number of amides is 1. The first-order valence-electron chi connectivity index (χ1n) is 5.78. The van der Waals surface area contributed by atoms with E-state index in [1.807, 2.05) is 0 Å². The van der Waals surface area contributed by atoms with Crippen LogP contribution in [0.4, 0.5) is 0 Å². The van der Waals surface area contributed by atoms with Crippen molar-refractivity contribution in [2.45, 2.75) is 12.5 Å². The van der Waals surface area contributed by atoms with Crippen molar-refractivity contribution in [2.24, 2.45) is 0 Å².